The first-order chi connectivity index (χ1) is 11.6. The topological polar surface area (TPSA) is 64.6 Å². The molecule has 0 heterocycles. The molecule has 0 aliphatic heterocycles. The Morgan fingerprint density at radius 1 is 1.08 bits per heavy atom. The maximum absolute atomic E-state index is 12.9. The third kappa shape index (κ3) is 5.08. The fourth-order valence-electron chi connectivity index (χ4n) is 1.96. The largest absolute Gasteiger partial charge is 0.488 e. The predicted molar refractivity (Wildman–Crippen MR) is 86.1 cm³/mol. The van der Waals surface area contributed by atoms with Crippen molar-refractivity contribution in [2.24, 2.45) is 0 Å². The van der Waals surface area contributed by atoms with Crippen molar-refractivity contribution in [2.45, 2.75) is 13.5 Å². The van der Waals surface area contributed by atoms with E-state index in [9.17, 15) is 14.0 Å². The van der Waals surface area contributed by atoms with Crippen LogP contribution in [-0.4, -0.2) is 25.0 Å². The summed E-state index contributed by atoms with van der Waals surface area (Å²) >= 11 is 0. The Morgan fingerprint density at radius 2 is 1.79 bits per heavy atom. The lowest BCUT2D eigenvalue weighted by Gasteiger charge is -2.11. The molecule has 2 rings (SSSR count). The normalized spacial score (nSPS) is 10.1. The molecule has 5 nitrogen and oxygen atoms in total. The smallest absolute Gasteiger partial charge is 0.342 e. The van der Waals surface area contributed by atoms with Gasteiger partial charge < -0.3 is 14.8 Å². The quantitative estimate of drug-likeness (QED) is 0.792. The van der Waals surface area contributed by atoms with Gasteiger partial charge >= 0.3 is 5.97 Å². The Labute approximate surface area is 139 Å². The Balaban J connectivity index is 1.99. The highest BCUT2D eigenvalue weighted by molar-refractivity contribution is 5.93. The number of benzene rings is 2. The number of esters is 1. The molecule has 0 fully saturated rings. The Bertz CT molecular complexity index is 700. The number of amides is 1. The number of para-hydroxylation sites is 1. The van der Waals surface area contributed by atoms with Crippen LogP contribution in [0.4, 0.5) is 4.39 Å². The first-order valence-electron chi connectivity index (χ1n) is 7.50. The first kappa shape index (κ1) is 17.5. The van der Waals surface area contributed by atoms with Crippen LogP contribution in [-0.2, 0) is 16.1 Å². The molecule has 1 N–H and O–H groups in total. The molecular weight excluding hydrogens is 313 g/mol. The fourth-order valence-corrected chi connectivity index (χ4v) is 1.96. The summed E-state index contributed by atoms with van der Waals surface area (Å²) in [6, 6.07) is 12.5. The highest BCUT2D eigenvalue weighted by atomic mass is 19.1. The van der Waals surface area contributed by atoms with E-state index in [-0.39, 0.29) is 30.5 Å². The predicted octanol–water partition coefficient (Wildman–Crippen LogP) is 2.70. The summed E-state index contributed by atoms with van der Waals surface area (Å²) < 4.78 is 23.5. The molecule has 126 valence electrons. The van der Waals surface area contributed by atoms with Gasteiger partial charge in [-0.3, -0.25) is 4.79 Å². The van der Waals surface area contributed by atoms with E-state index >= 15 is 0 Å². The summed E-state index contributed by atoms with van der Waals surface area (Å²) in [4.78, 5) is 23.5. The Hall–Kier alpha value is -2.89. The second kappa shape index (κ2) is 8.67. The molecule has 0 atom stereocenters. The number of likely N-dealkylation sites (N-methyl/N-ethyl adjacent to an activating group) is 1. The van der Waals surface area contributed by atoms with E-state index in [1.54, 1.807) is 43.3 Å². The third-order valence-corrected chi connectivity index (χ3v) is 3.12. The van der Waals surface area contributed by atoms with Gasteiger partial charge in [-0.15, -0.1) is 0 Å². The standard InChI is InChI=1S/C18H18FNO4/c1-2-20-17(21)12-24-18(22)15-5-3-4-6-16(15)23-11-13-7-9-14(19)10-8-13/h3-10H,2,11-12H2,1H3,(H,20,21). The van der Waals surface area contributed by atoms with E-state index in [0.29, 0.717) is 12.3 Å². The van der Waals surface area contributed by atoms with Crippen LogP contribution in [0.15, 0.2) is 48.5 Å². The molecule has 2 aromatic rings. The van der Waals surface area contributed by atoms with Crippen LogP contribution in [0.5, 0.6) is 5.75 Å². The van der Waals surface area contributed by atoms with Crippen molar-refractivity contribution in [3.05, 3.63) is 65.5 Å². The molecule has 1 amide bonds. The number of nitrogens with one attached hydrogen (secondary N) is 1. The van der Waals surface area contributed by atoms with Crippen LogP contribution in [0.25, 0.3) is 0 Å². The molecule has 24 heavy (non-hydrogen) atoms. The maximum Gasteiger partial charge on any atom is 0.342 e. The molecule has 6 heteroatoms. The number of halogens is 1. The minimum absolute atomic E-state index is 0.181. The zero-order valence-electron chi connectivity index (χ0n) is 13.3. The molecular formula is C18H18FNO4. The van der Waals surface area contributed by atoms with Crippen molar-refractivity contribution in [1.29, 1.82) is 0 Å². The molecule has 0 saturated carbocycles. The number of hydrogen-bond acceptors (Lipinski definition) is 4. The molecule has 0 spiro atoms. The number of ether oxygens (including phenoxy) is 2. The van der Waals surface area contributed by atoms with E-state index < -0.39 is 5.97 Å². The van der Waals surface area contributed by atoms with Gasteiger partial charge in [-0.05, 0) is 36.8 Å². The van der Waals surface area contributed by atoms with Gasteiger partial charge in [-0.1, -0.05) is 24.3 Å². The van der Waals surface area contributed by atoms with Crippen LogP contribution < -0.4 is 10.1 Å². The van der Waals surface area contributed by atoms with E-state index in [4.69, 9.17) is 9.47 Å². The summed E-state index contributed by atoms with van der Waals surface area (Å²) in [6.45, 7) is 2.08. The first-order valence-corrected chi connectivity index (χ1v) is 7.50. The molecule has 0 aromatic heterocycles. The number of hydrogen-bond donors (Lipinski definition) is 1. The van der Waals surface area contributed by atoms with E-state index in [1.165, 1.54) is 12.1 Å². The summed E-state index contributed by atoms with van der Waals surface area (Å²) in [5, 5.41) is 2.54. The molecule has 0 radical (unpaired) electrons. The number of carbonyl (C=O) groups is 2. The van der Waals surface area contributed by atoms with E-state index in [1.807, 2.05) is 0 Å². The summed E-state index contributed by atoms with van der Waals surface area (Å²) in [5.74, 6) is -0.998. The van der Waals surface area contributed by atoms with E-state index in [0.717, 1.165) is 5.56 Å². The summed E-state index contributed by atoms with van der Waals surface area (Å²) in [5.41, 5.74) is 0.991. The molecule has 0 aliphatic carbocycles. The van der Waals surface area contributed by atoms with Crippen molar-refractivity contribution in [1.82, 2.24) is 5.32 Å². The van der Waals surface area contributed by atoms with Gasteiger partial charge in [0.25, 0.3) is 5.91 Å². The van der Waals surface area contributed by atoms with Gasteiger partial charge in [0.15, 0.2) is 6.61 Å². The molecule has 2 aromatic carbocycles. The van der Waals surface area contributed by atoms with Crippen LogP contribution in [0.3, 0.4) is 0 Å². The van der Waals surface area contributed by atoms with Crippen LogP contribution in [0.2, 0.25) is 0 Å². The van der Waals surface area contributed by atoms with Gasteiger partial charge in [0.05, 0.1) is 0 Å². The highest BCUT2D eigenvalue weighted by Crippen LogP contribution is 2.20. The number of rotatable bonds is 7. The highest BCUT2D eigenvalue weighted by Gasteiger charge is 2.15. The molecule has 0 saturated heterocycles. The average molecular weight is 331 g/mol. The van der Waals surface area contributed by atoms with Gasteiger partial charge in [-0.25, -0.2) is 9.18 Å². The van der Waals surface area contributed by atoms with Crippen molar-refractivity contribution < 1.29 is 23.5 Å². The van der Waals surface area contributed by atoms with Gasteiger partial charge in [-0.2, -0.15) is 0 Å². The monoisotopic (exact) mass is 331 g/mol. The van der Waals surface area contributed by atoms with Crippen LogP contribution in [0.1, 0.15) is 22.8 Å². The lowest BCUT2D eigenvalue weighted by molar-refractivity contribution is -0.124. The third-order valence-electron chi connectivity index (χ3n) is 3.12. The summed E-state index contributed by atoms with van der Waals surface area (Å²) in [7, 11) is 0. The Kier molecular flexibility index (Phi) is 6.31. The van der Waals surface area contributed by atoms with E-state index in [2.05, 4.69) is 5.32 Å². The van der Waals surface area contributed by atoms with Crippen molar-refractivity contribution in [2.75, 3.05) is 13.2 Å². The van der Waals surface area contributed by atoms with Crippen LogP contribution in [0, 0.1) is 5.82 Å². The van der Waals surface area contributed by atoms with Crippen molar-refractivity contribution in [3.63, 3.8) is 0 Å². The molecule has 0 bridgehead atoms. The maximum atomic E-state index is 12.9. The second-order valence-corrected chi connectivity index (χ2v) is 4.94. The van der Waals surface area contributed by atoms with Crippen molar-refractivity contribution in [3.8, 4) is 5.75 Å². The minimum Gasteiger partial charge on any atom is -0.488 e. The second-order valence-electron chi connectivity index (χ2n) is 4.94. The lowest BCUT2D eigenvalue weighted by atomic mass is 10.2. The molecule has 0 aliphatic rings. The number of carbonyl (C=O) groups excluding carboxylic acids is 2. The fraction of sp³-hybridized carbons (Fsp3) is 0.222. The van der Waals surface area contributed by atoms with Gasteiger partial charge in [0.1, 0.15) is 23.7 Å². The zero-order chi connectivity index (χ0) is 17.4. The van der Waals surface area contributed by atoms with Gasteiger partial charge in [0, 0.05) is 6.54 Å². The zero-order valence-corrected chi connectivity index (χ0v) is 13.3. The van der Waals surface area contributed by atoms with Crippen molar-refractivity contribution >= 4 is 11.9 Å². The molecule has 0 unspecified atom stereocenters. The van der Waals surface area contributed by atoms with Gasteiger partial charge in [0.2, 0.25) is 0 Å². The average Bonchev–Trinajstić information content (AvgIpc) is 2.60. The summed E-state index contributed by atoms with van der Waals surface area (Å²) in [6.07, 6.45) is 0. The SMILES string of the molecule is CCNC(=O)COC(=O)c1ccccc1OCc1ccc(F)cc1. The Morgan fingerprint density at radius 3 is 2.50 bits per heavy atom. The van der Waals surface area contributed by atoms with Crippen LogP contribution >= 0.6 is 0 Å². The lowest BCUT2D eigenvalue weighted by Crippen LogP contribution is -2.28. The minimum atomic E-state index is -0.643.